The zero-order chi connectivity index (χ0) is 15.6. The molecule has 2 heteroatoms. The van der Waals surface area contributed by atoms with Gasteiger partial charge in [-0.3, -0.25) is 4.79 Å². The highest BCUT2D eigenvalue weighted by atomic mass is 35.5. The average Bonchev–Trinajstić information content (AvgIpc) is 2.49. The Morgan fingerprint density at radius 3 is 2.14 bits per heavy atom. The molecule has 0 saturated heterocycles. The van der Waals surface area contributed by atoms with Gasteiger partial charge in [0.25, 0.3) is 0 Å². The number of hydrogen-bond acceptors (Lipinski definition) is 1. The van der Waals surface area contributed by atoms with Crippen molar-refractivity contribution in [2.45, 2.75) is 39.5 Å². The smallest absolute Gasteiger partial charge is 0.193 e. The van der Waals surface area contributed by atoms with E-state index in [1.807, 2.05) is 43.3 Å². The van der Waals surface area contributed by atoms with Crippen LogP contribution in [0.15, 0.2) is 42.5 Å². The molecule has 0 heterocycles. The van der Waals surface area contributed by atoms with Gasteiger partial charge in [0.2, 0.25) is 0 Å². The number of carbonyl (C=O) groups is 1. The molecule has 0 spiro atoms. The summed E-state index contributed by atoms with van der Waals surface area (Å²) in [5.41, 5.74) is 3.70. The van der Waals surface area contributed by atoms with Crippen LogP contribution in [-0.2, 0) is 5.41 Å². The highest BCUT2D eigenvalue weighted by molar-refractivity contribution is 6.31. The van der Waals surface area contributed by atoms with E-state index in [1.165, 1.54) is 5.56 Å². The van der Waals surface area contributed by atoms with Gasteiger partial charge in [-0.15, -0.1) is 0 Å². The molecule has 2 aromatic rings. The second kappa shape index (κ2) is 6.03. The summed E-state index contributed by atoms with van der Waals surface area (Å²) in [6.07, 6.45) is 1.06. The van der Waals surface area contributed by atoms with Crippen LogP contribution in [0.2, 0.25) is 5.02 Å². The molecule has 0 N–H and O–H groups in total. The van der Waals surface area contributed by atoms with Crippen molar-refractivity contribution < 1.29 is 4.79 Å². The van der Waals surface area contributed by atoms with E-state index in [2.05, 4.69) is 20.8 Å². The SMILES string of the molecule is CCC(C)(C)c1ccc(C(=O)c2ccc(C)c(Cl)c2)cc1. The van der Waals surface area contributed by atoms with Crippen LogP contribution in [0.5, 0.6) is 0 Å². The molecule has 2 aromatic carbocycles. The highest BCUT2D eigenvalue weighted by Crippen LogP contribution is 2.27. The third kappa shape index (κ3) is 3.36. The predicted molar refractivity (Wildman–Crippen MR) is 89.4 cm³/mol. The van der Waals surface area contributed by atoms with E-state index in [0.29, 0.717) is 16.1 Å². The second-order valence-electron chi connectivity index (χ2n) is 6.11. The van der Waals surface area contributed by atoms with Crippen molar-refractivity contribution in [3.8, 4) is 0 Å². The van der Waals surface area contributed by atoms with E-state index >= 15 is 0 Å². The monoisotopic (exact) mass is 300 g/mol. The molecule has 0 amide bonds. The minimum absolute atomic E-state index is 0.0118. The van der Waals surface area contributed by atoms with E-state index in [0.717, 1.165) is 12.0 Å². The lowest BCUT2D eigenvalue weighted by molar-refractivity contribution is 0.103. The third-order valence-corrected chi connectivity index (χ3v) is 4.65. The van der Waals surface area contributed by atoms with Crippen LogP contribution in [0.4, 0.5) is 0 Å². The maximum atomic E-state index is 12.5. The van der Waals surface area contributed by atoms with Crippen molar-refractivity contribution in [1.82, 2.24) is 0 Å². The first-order chi connectivity index (χ1) is 9.85. The maximum absolute atomic E-state index is 12.5. The Labute approximate surface area is 132 Å². The molecule has 2 rings (SSSR count). The van der Waals surface area contributed by atoms with Crippen LogP contribution >= 0.6 is 11.6 Å². The summed E-state index contributed by atoms with van der Waals surface area (Å²) < 4.78 is 0. The topological polar surface area (TPSA) is 17.1 Å². The molecule has 0 aliphatic carbocycles. The van der Waals surface area contributed by atoms with Crippen molar-refractivity contribution in [2.75, 3.05) is 0 Å². The molecule has 21 heavy (non-hydrogen) atoms. The normalized spacial score (nSPS) is 11.5. The molecule has 0 aliphatic heterocycles. The minimum atomic E-state index is 0.0118. The van der Waals surface area contributed by atoms with Crippen molar-refractivity contribution in [3.05, 3.63) is 69.7 Å². The molecule has 110 valence electrons. The van der Waals surface area contributed by atoms with Gasteiger partial charge in [0.05, 0.1) is 0 Å². The van der Waals surface area contributed by atoms with Crippen molar-refractivity contribution in [2.24, 2.45) is 0 Å². The number of hydrogen-bond donors (Lipinski definition) is 0. The Balaban J connectivity index is 2.30. The summed E-state index contributed by atoms with van der Waals surface area (Å²) in [7, 11) is 0. The Hall–Kier alpha value is -1.60. The fourth-order valence-corrected chi connectivity index (χ4v) is 2.36. The minimum Gasteiger partial charge on any atom is -0.289 e. The molecule has 0 saturated carbocycles. The molecule has 0 atom stereocenters. The number of carbonyl (C=O) groups excluding carboxylic acids is 1. The van der Waals surface area contributed by atoms with Gasteiger partial charge in [-0.1, -0.05) is 68.8 Å². The largest absolute Gasteiger partial charge is 0.289 e. The Kier molecular flexibility index (Phi) is 4.53. The third-order valence-electron chi connectivity index (χ3n) is 4.25. The lowest BCUT2D eigenvalue weighted by Crippen LogP contribution is -2.15. The lowest BCUT2D eigenvalue weighted by Gasteiger charge is -2.23. The van der Waals surface area contributed by atoms with Crippen LogP contribution in [-0.4, -0.2) is 5.78 Å². The van der Waals surface area contributed by atoms with E-state index < -0.39 is 0 Å². The summed E-state index contributed by atoms with van der Waals surface area (Å²) in [4.78, 5) is 12.5. The van der Waals surface area contributed by atoms with Gasteiger partial charge in [0.1, 0.15) is 0 Å². The van der Waals surface area contributed by atoms with E-state index in [1.54, 1.807) is 6.07 Å². The molecule has 0 bridgehead atoms. The Morgan fingerprint density at radius 1 is 1.05 bits per heavy atom. The van der Waals surface area contributed by atoms with Crippen LogP contribution < -0.4 is 0 Å². The second-order valence-corrected chi connectivity index (χ2v) is 6.52. The zero-order valence-electron chi connectivity index (χ0n) is 13.0. The number of benzene rings is 2. The summed E-state index contributed by atoms with van der Waals surface area (Å²) in [6.45, 7) is 8.53. The lowest BCUT2D eigenvalue weighted by atomic mass is 9.82. The van der Waals surface area contributed by atoms with Crippen LogP contribution in [0.25, 0.3) is 0 Å². The molecule has 0 aliphatic rings. The Bertz CT molecular complexity index is 654. The molecule has 1 nitrogen and oxygen atoms in total. The molecule has 0 radical (unpaired) electrons. The standard InChI is InChI=1S/C19H21ClO/c1-5-19(3,4)16-10-8-14(9-11-16)18(21)15-7-6-13(2)17(20)12-15/h6-12H,5H2,1-4H3. The van der Waals surface area contributed by atoms with Gasteiger partial charge in [0, 0.05) is 16.1 Å². The zero-order valence-corrected chi connectivity index (χ0v) is 13.8. The first-order valence-electron chi connectivity index (χ1n) is 7.26. The fraction of sp³-hybridized carbons (Fsp3) is 0.316. The van der Waals surface area contributed by atoms with Gasteiger partial charge >= 0.3 is 0 Å². The van der Waals surface area contributed by atoms with Gasteiger partial charge in [0.15, 0.2) is 5.78 Å². The molecular formula is C19H21ClO. The fourth-order valence-electron chi connectivity index (χ4n) is 2.18. The first-order valence-corrected chi connectivity index (χ1v) is 7.64. The molecule has 0 unspecified atom stereocenters. The average molecular weight is 301 g/mol. The molecule has 0 aromatic heterocycles. The van der Waals surface area contributed by atoms with Crippen molar-refractivity contribution in [3.63, 3.8) is 0 Å². The number of halogens is 1. The van der Waals surface area contributed by atoms with E-state index in [9.17, 15) is 4.79 Å². The Morgan fingerprint density at radius 2 is 1.62 bits per heavy atom. The molecule has 0 fully saturated rings. The highest BCUT2D eigenvalue weighted by Gasteiger charge is 2.18. The van der Waals surface area contributed by atoms with Crippen molar-refractivity contribution in [1.29, 1.82) is 0 Å². The summed E-state index contributed by atoms with van der Waals surface area (Å²) in [5.74, 6) is 0.0118. The number of rotatable bonds is 4. The van der Waals surface area contributed by atoms with Crippen LogP contribution in [0.3, 0.4) is 0 Å². The van der Waals surface area contributed by atoms with Crippen LogP contribution in [0, 0.1) is 6.92 Å². The van der Waals surface area contributed by atoms with Gasteiger partial charge < -0.3 is 0 Å². The summed E-state index contributed by atoms with van der Waals surface area (Å²) >= 11 is 6.10. The van der Waals surface area contributed by atoms with Crippen molar-refractivity contribution >= 4 is 17.4 Å². The van der Waals surface area contributed by atoms with Gasteiger partial charge in [-0.25, -0.2) is 0 Å². The summed E-state index contributed by atoms with van der Waals surface area (Å²) in [5, 5.41) is 0.629. The quantitative estimate of drug-likeness (QED) is 0.675. The van der Waals surface area contributed by atoms with Gasteiger partial charge in [-0.2, -0.15) is 0 Å². The van der Waals surface area contributed by atoms with Crippen LogP contribution in [0.1, 0.15) is 54.2 Å². The number of aryl methyl sites for hydroxylation is 1. The maximum Gasteiger partial charge on any atom is 0.193 e. The number of ketones is 1. The summed E-state index contributed by atoms with van der Waals surface area (Å²) in [6, 6.07) is 13.4. The van der Waals surface area contributed by atoms with E-state index in [4.69, 9.17) is 11.6 Å². The molecular weight excluding hydrogens is 280 g/mol. The predicted octanol–water partition coefficient (Wildman–Crippen LogP) is 5.57. The van der Waals surface area contributed by atoms with Gasteiger partial charge in [-0.05, 0) is 36.0 Å². The first kappa shape index (κ1) is 15.8. The van der Waals surface area contributed by atoms with E-state index in [-0.39, 0.29) is 11.2 Å².